The highest BCUT2D eigenvalue weighted by atomic mass is 19.2. The summed E-state index contributed by atoms with van der Waals surface area (Å²) in [7, 11) is 0. The van der Waals surface area contributed by atoms with Gasteiger partial charge in [0.1, 0.15) is 6.33 Å². The average molecular weight is 322 g/mol. The van der Waals surface area contributed by atoms with Gasteiger partial charge in [-0.1, -0.05) is 6.07 Å². The summed E-state index contributed by atoms with van der Waals surface area (Å²) in [6, 6.07) is 9.84. The van der Waals surface area contributed by atoms with Crippen LogP contribution in [0.3, 0.4) is 0 Å². The van der Waals surface area contributed by atoms with Gasteiger partial charge in [-0.2, -0.15) is 5.10 Å². The van der Waals surface area contributed by atoms with Crippen LogP contribution in [0, 0.1) is 18.6 Å². The summed E-state index contributed by atoms with van der Waals surface area (Å²) in [4.78, 5) is 8.57. The fourth-order valence-corrected chi connectivity index (χ4v) is 2.74. The van der Waals surface area contributed by atoms with Crippen molar-refractivity contribution >= 4 is 5.65 Å². The van der Waals surface area contributed by atoms with Gasteiger partial charge in [0, 0.05) is 23.5 Å². The zero-order chi connectivity index (χ0) is 16.7. The molecule has 6 heteroatoms. The Kier molecular flexibility index (Phi) is 3.30. The van der Waals surface area contributed by atoms with Crippen molar-refractivity contribution in [3.8, 4) is 22.4 Å². The van der Waals surface area contributed by atoms with Gasteiger partial charge >= 0.3 is 0 Å². The smallest absolute Gasteiger partial charge is 0.159 e. The van der Waals surface area contributed by atoms with Crippen LogP contribution in [0.15, 0.2) is 55.1 Å². The molecule has 1 aromatic carbocycles. The third-order valence-electron chi connectivity index (χ3n) is 3.92. The molecule has 0 bridgehead atoms. The van der Waals surface area contributed by atoms with Gasteiger partial charge in [0.2, 0.25) is 0 Å². The maximum absolute atomic E-state index is 13.7. The van der Waals surface area contributed by atoms with Crippen molar-refractivity contribution in [3.63, 3.8) is 0 Å². The third kappa shape index (κ3) is 2.32. The summed E-state index contributed by atoms with van der Waals surface area (Å²) in [6.07, 6.45) is 4.91. The minimum absolute atomic E-state index is 0.561. The van der Waals surface area contributed by atoms with Crippen LogP contribution in [-0.2, 0) is 0 Å². The largest absolute Gasteiger partial charge is 0.256 e. The summed E-state index contributed by atoms with van der Waals surface area (Å²) >= 11 is 0. The predicted molar refractivity (Wildman–Crippen MR) is 86.3 cm³/mol. The van der Waals surface area contributed by atoms with E-state index in [4.69, 9.17) is 0 Å². The number of aryl methyl sites for hydroxylation is 1. The SMILES string of the molecule is Cc1cc(F)c(F)cc1-c1ncccc1-c1ccn2ncnc2c1. The molecule has 4 nitrogen and oxygen atoms in total. The van der Waals surface area contributed by atoms with E-state index in [1.807, 2.05) is 24.3 Å². The molecule has 0 aliphatic heterocycles. The van der Waals surface area contributed by atoms with Crippen LogP contribution in [0.4, 0.5) is 8.78 Å². The van der Waals surface area contributed by atoms with E-state index in [0.717, 1.165) is 11.1 Å². The fourth-order valence-electron chi connectivity index (χ4n) is 2.74. The van der Waals surface area contributed by atoms with E-state index in [9.17, 15) is 8.78 Å². The molecule has 0 aliphatic rings. The number of pyridine rings is 2. The van der Waals surface area contributed by atoms with Gasteiger partial charge in [-0.05, 0) is 48.4 Å². The number of rotatable bonds is 2. The van der Waals surface area contributed by atoms with E-state index in [2.05, 4.69) is 15.1 Å². The first-order valence-corrected chi connectivity index (χ1v) is 7.34. The summed E-state index contributed by atoms with van der Waals surface area (Å²) in [5.41, 5.74) is 4.17. The summed E-state index contributed by atoms with van der Waals surface area (Å²) in [5.74, 6) is -1.75. The Morgan fingerprint density at radius 1 is 0.958 bits per heavy atom. The molecule has 0 atom stereocenters. The molecule has 0 saturated heterocycles. The van der Waals surface area contributed by atoms with E-state index in [-0.39, 0.29) is 0 Å². The second-order valence-corrected chi connectivity index (χ2v) is 5.46. The monoisotopic (exact) mass is 322 g/mol. The summed E-state index contributed by atoms with van der Waals surface area (Å²) < 4.78 is 28.8. The molecule has 0 fully saturated rings. The Hall–Kier alpha value is -3.15. The van der Waals surface area contributed by atoms with Crippen LogP contribution in [0.1, 0.15) is 5.56 Å². The lowest BCUT2D eigenvalue weighted by Gasteiger charge is -2.12. The standard InChI is InChI=1S/C18H12F2N4/c1-11-7-15(19)16(20)9-14(11)18-13(3-2-5-21-18)12-4-6-24-17(8-12)22-10-23-24/h2-10H,1H3. The molecule has 118 valence electrons. The van der Waals surface area contributed by atoms with E-state index >= 15 is 0 Å². The molecule has 0 unspecified atom stereocenters. The topological polar surface area (TPSA) is 43.1 Å². The number of benzene rings is 1. The van der Waals surface area contributed by atoms with Crippen LogP contribution >= 0.6 is 0 Å². The van der Waals surface area contributed by atoms with Gasteiger partial charge in [-0.25, -0.2) is 18.3 Å². The van der Waals surface area contributed by atoms with Crippen LogP contribution in [0.5, 0.6) is 0 Å². The highest BCUT2D eigenvalue weighted by Gasteiger charge is 2.14. The normalized spacial score (nSPS) is 11.1. The highest BCUT2D eigenvalue weighted by molar-refractivity contribution is 5.83. The molecule has 3 aromatic heterocycles. The number of aromatic nitrogens is 4. The van der Waals surface area contributed by atoms with Crippen molar-refractivity contribution in [1.82, 2.24) is 19.6 Å². The van der Waals surface area contributed by atoms with Gasteiger partial charge in [0.05, 0.1) is 5.69 Å². The maximum atomic E-state index is 13.7. The van der Waals surface area contributed by atoms with Crippen molar-refractivity contribution in [1.29, 1.82) is 0 Å². The molecule has 0 amide bonds. The van der Waals surface area contributed by atoms with Crippen molar-refractivity contribution < 1.29 is 8.78 Å². The van der Waals surface area contributed by atoms with E-state index in [1.54, 1.807) is 23.8 Å². The van der Waals surface area contributed by atoms with Gasteiger partial charge in [0.15, 0.2) is 17.3 Å². The molecule has 0 radical (unpaired) electrons. The molecule has 4 rings (SSSR count). The fraction of sp³-hybridized carbons (Fsp3) is 0.0556. The van der Waals surface area contributed by atoms with Crippen molar-refractivity contribution in [2.24, 2.45) is 0 Å². The maximum Gasteiger partial charge on any atom is 0.159 e. The Morgan fingerprint density at radius 3 is 2.67 bits per heavy atom. The van der Waals surface area contributed by atoms with Crippen molar-refractivity contribution in [2.45, 2.75) is 6.92 Å². The molecule has 0 saturated carbocycles. The average Bonchev–Trinajstić information content (AvgIpc) is 3.06. The number of halogens is 2. The zero-order valence-electron chi connectivity index (χ0n) is 12.7. The summed E-state index contributed by atoms with van der Waals surface area (Å²) in [5, 5.41) is 4.07. The highest BCUT2D eigenvalue weighted by Crippen LogP contribution is 2.33. The quantitative estimate of drug-likeness (QED) is 0.559. The van der Waals surface area contributed by atoms with E-state index < -0.39 is 11.6 Å². The first-order chi connectivity index (χ1) is 11.6. The van der Waals surface area contributed by atoms with Gasteiger partial charge in [-0.3, -0.25) is 4.98 Å². The first-order valence-electron chi connectivity index (χ1n) is 7.34. The van der Waals surface area contributed by atoms with Crippen molar-refractivity contribution in [3.05, 3.63) is 72.3 Å². The molecule has 0 aliphatic carbocycles. The zero-order valence-corrected chi connectivity index (χ0v) is 12.7. The minimum Gasteiger partial charge on any atom is -0.256 e. The van der Waals surface area contributed by atoms with Gasteiger partial charge in [-0.15, -0.1) is 0 Å². The Bertz CT molecular complexity index is 1060. The Morgan fingerprint density at radius 2 is 1.79 bits per heavy atom. The van der Waals surface area contributed by atoms with Crippen molar-refractivity contribution in [2.75, 3.05) is 0 Å². The molecule has 0 N–H and O–H groups in total. The van der Waals surface area contributed by atoms with Crippen LogP contribution < -0.4 is 0 Å². The van der Waals surface area contributed by atoms with Crippen LogP contribution in [-0.4, -0.2) is 19.6 Å². The third-order valence-corrected chi connectivity index (χ3v) is 3.92. The number of nitrogens with zero attached hydrogens (tertiary/aromatic N) is 4. The van der Waals surface area contributed by atoms with Gasteiger partial charge in [0.25, 0.3) is 0 Å². The number of hydrogen-bond acceptors (Lipinski definition) is 3. The Labute approximate surface area is 136 Å². The van der Waals surface area contributed by atoms with E-state index in [1.165, 1.54) is 18.5 Å². The molecule has 4 aromatic rings. The lowest BCUT2D eigenvalue weighted by molar-refractivity contribution is 0.508. The lowest BCUT2D eigenvalue weighted by atomic mass is 9.97. The van der Waals surface area contributed by atoms with Gasteiger partial charge < -0.3 is 0 Å². The molecule has 3 heterocycles. The number of hydrogen-bond donors (Lipinski definition) is 0. The lowest BCUT2D eigenvalue weighted by Crippen LogP contribution is -1.95. The number of fused-ring (bicyclic) bond motifs is 1. The molecule has 0 spiro atoms. The van der Waals surface area contributed by atoms with E-state index in [0.29, 0.717) is 22.5 Å². The van der Waals surface area contributed by atoms with Crippen LogP contribution in [0.25, 0.3) is 28.0 Å². The predicted octanol–water partition coefficient (Wildman–Crippen LogP) is 4.04. The second kappa shape index (κ2) is 5.49. The first kappa shape index (κ1) is 14.4. The van der Waals surface area contributed by atoms with Crippen LogP contribution in [0.2, 0.25) is 0 Å². The molecular formula is C18H12F2N4. The molecule has 24 heavy (non-hydrogen) atoms. The minimum atomic E-state index is -0.889. The summed E-state index contributed by atoms with van der Waals surface area (Å²) in [6.45, 7) is 1.73. The second-order valence-electron chi connectivity index (χ2n) is 5.46. The molecular weight excluding hydrogens is 310 g/mol. The Balaban J connectivity index is 1.94.